The van der Waals surface area contributed by atoms with Gasteiger partial charge in [0.25, 0.3) is 0 Å². The lowest BCUT2D eigenvalue weighted by Gasteiger charge is -2.42. The summed E-state index contributed by atoms with van der Waals surface area (Å²) < 4.78 is 0. The van der Waals surface area contributed by atoms with E-state index in [0.717, 1.165) is 12.5 Å². The highest BCUT2D eigenvalue weighted by molar-refractivity contribution is 4.89. The van der Waals surface area contributed by atoms with Crippen LogP contribution in [0.15, 0.2) is 0 Å². The summed E-state index contributed by atoms with van der Waals surface area (Å²) in [6.07, 6.45) is 9.48. The van der Waals surface area contributed by atoms with Crippen LogP contribution >= 0.6 is 0 Å². The standard InChI is InChI=1S/C14H28N2/c1-14(2,11-6-5-7-11)10-16-13-9-4-3-8-12(13)15/h11-13,16H,3-10,15H2,1-2H3. The molecule has 0 aromatic heterocycles. The average Bonchev–Trinajstić information content (AvgIpc) is 2.13. The van der Waals surface area contributed by atoms with Crippen LogP contribution in [0.25, 0.3) is 0 Å². The lowest BCUT2D eigenvalue weighted by Crippen LogP contribution is -2.51. The molecule has 2 unspecified atom stereocenters. The van der Waals surface area contributed by atoms with E-state index in [0.29, 0.717) is 17.5 Å². The molecule has 2 saturated carbocycles. The number of nitrogens with two attached hydrogens (primary N) is 1. The van der Waals surface area contributed by atoms with Crippen LogP contribution in [-0.2, 0) is 0 Å². The molecule has 0 aromatic rings. The molecule has 2 atom stereocenters. The predicted molar refractivity (Wildman–Crippen MR) is 69.4 cm³/mol. The first-order valence-corrected chi connectivity index (χ1v) is 7.08. The SMILES string of the molecule is CC(C)(CNC1CCCCC1N)C1CCC1. The Kier molecular flexibility index (Phi) is 3.91. The molecule has 2 aliphatic rings. The number of nitrogens with one attached hydrogen (secondary N) is 1. The van der Waals surface area contributed by atoms with Gasteiger partial charge in [0.2, 0.25) is 0 Å². The van der Waals surface area contributed by atoms with Gasteiger partial charge in [-0.05, 0) is 37.0 Å². The van der Waals surface area contributed by atoms with E-state index in [1.54, 1.807) is 0 Å². The van der Waals surface area contributed by atoms with Crippen molar-refractivity contribution in [1.29, 1.82) is 0 Å². The van der Waals surface area contributed by atoms with E-state index in [4.69, 9.17) is 5.73 Å². The third-order valence-electron chi connectivity index (χ3n) is 4.85. The summed E-state index contributed by atoms with van der Waals surface area (Å²) in [5, 5.41) is 3.74. The minimum absolute atomic E-state index is 0.394. The lowest BCUT2D eigenvalue weighted by molar-refractivity contribution is 0.111. The van der Waals surface area contributed by atoms with Gasteiger partial charge in [-0.3, -0.25) is 0 Å². The fourth-order valence-corrected chi connectivity index (χ4v) is 3.14. The van der Waals surface area contributed by atoms with Crippen molar-refractivity contribution in [2.24, 2.45) is 17.1 Å². The molecule has 0 radical (unpaired) electrons. The van der Waals surface area contributed by atoms with Crippen molar-refractivity contribution in [2.45, 2.75) is 70.9 Å². The Hall–Kier alpha value is -0.0800. The normalized spacial score (nSPS) is 32.4. The number of rotatable bonds is 4. The van der Waals surface area contributed by atoms with Gasteiger partial charge in [-0.2, -0.15) is 0 Å². The highest BCUT2D eigenvalue weighted by Gasteiger charge is 2.34. The molecule has 2 rings (SSSR count). The van der Waals surface area contributed by atoms with E-state index in [1.165, 1.54) is 44.9 Å². The first kappa shape index (κ1) is 12.4. The Bertz CT molecular complexity index is 221. The van der Waals surface area contributed by atoms with E-state index in [2.05, 4.69) is 19.2 Å². The van der Waals surface area contributed by atoms with Crippen LogP contribution in [0.2, 0.25) is 0 Å². The molecule has 2 nitrogen and oxygen atoms in total. The predicted octanol–water partition coefficient (Wildman–Crippen LogP) is 2.67. The van der Waals surface area contributed by atoms with E-state index in [1.807, 2.05) is 0 Å². The molecule has 0 aromatic carbocycles. The van der Waals surface area contributed by atoms with Gasteiger partial charge < -0.3 is 11.1 Å². The monoisotopic (exact) mass is 224 g/mol. The molecule has 0 saturated heterocycles. The van der Waals surface area contributed by atoms with Gasteiger partial charge in [-0.25, -0.2) is 0 Å². The molecule has 2 aliphatic carbocycles. The van der Waals surface area contributed by atoms with Crippen LogP contribution in [-0.4, -0.2) is 18.6 Å². The van der Waals surface area contributed by atoms with Gasteiger partial charge in [-0.1, -0.05) is 33.1 Å². The van der Waals surface area contributed by atoms with Crippen molar-refractivity contribution < 1.29 is 0 Å². The third kappa shape index (κ3) is 2.78. The molecule has 0 amide bonds. The second-order valence-electron chi connectivity index (χ2n) is 6.55. The quantitative estimate of drug-likeness (QED) is 0.770. The van der Waals surface area contributed by atoms with Crippen LogP contribution in [0.5, 0.6) is 0 Å². The van der Waals surface area contributed by atoms with Crippen molar-refractivity contribution in [3.63, 3.8) is 0 Å². The van der Waals surface area contributed by atoms with Crippen LogP contribution in [0.3, 0.4) is 0 Å². The van der Waals surface area contributed by atoms with Crippen LogP contribution in [0.1, 0.15) is 58.8 Å². The molecular weight excluding hydrogens is 196 g/mol. The van der Waals surface area contributed by atoms with Crippen molar-refractivity contribution >= 4 is 0 Å². The van der Waals surface area contributed by atoms with E-state index >= 15 is 0 Å². The van der Waals surface area contributed by atoms with Crippen molar-refractivity contribution in [3.05, 3.63) is 0 Å². The maximum Gasteiger partial charge on any atom is 0.0219 e. The molecule has 2 fully saturated rings. The summed E-state index contributed by atoms with van der Waals surface area (Å²) in [5.41, 5.74) is 6.64. The Labute approximate surface area is 100 Å². The largest absolute Gasteiger partial charge is 0.326 e. The minimum atomic E-state index is 0.394. The van der Waals surface area contributed by atoms with Crippen molar-refractivity contribution in [1.82, 2.24) is 5.32 Å². The smallest absolute Gasteiger partial charge is 0.0219 e. The number of hydrogen-bond acceptors (Lipinski definition) is 2. The Morgan fingerprint density at radius 1 is 1.06 bits per heavy atom. The summed E-state index contributed by atoms with van der Waals surface area (Å²) in [6.45, 7) is 5.98. The molecule has 16 heavy (non-hydrogen) atoms. The van der Waals surface area contributed by atoms with E-state index in [9.17, 15) is 0 Å². The summed E-state index contributed by atoms with van der Waals surface area (Å²) in [6, 6.07) is 0.971. The van der Waals surface area contributed by atoms with Gasteiger partial charge in [-0.15, -0.1) is 0 Å². The van der Waals surface area contributed by atoms with Gasteiger partial charge >= 0.3 is 0 Å². The second kappa shape index (κ2) is 5.05. The molecule has 94 valence electrons. The Balaban J connectivity index is 1.76. The minimum Gasteiger partial charge on any atom is -0.326 e. The van der Waals surface area contributed by atoms with Crippen LogP contribution in [0, 0.1) is 11.3 Å². The molecule has 0 aliphatic heterocycles. The van der Waals surface area contributed by atoms with Crippen molar-refractivity contribution in [2.75, 3.05) is 6.54 Å². The topological polar surface area (TPSA) is 38.0 Å². The maximum atomic E-state index is 6.17. The van der Waals surface area contributed by atoms with E-state index in [-0.39, 0.29) is 0 Å². The Morgan fingerprint density at radius 2 is 1.75 bits per heavy atom. The molecule has 0 heterocycles. The van der Waals surface area contributed by atoms with Gasteiger partial charge in [0.05, 0.1) is 0 Å². The molecule has 3 N–H and O–H groups in total. The summed E-state index contributed by atoms with van der Waals surface area (Å²) in [7, 11) is 0. The highest BCUT2D eigenvalue weighted by atomic mass is 15.0. The van der Waals surface area contributed by atoms with Gasteiger partial charge in [0.1, 0.15) is 0 Å². The Morgan fingerprint density at radius 3 is 2.31 bits per heavy atom. The fraction of sp³-hybridized carbons (Fsp3) is 1.00. The average molecular weight is 224 g/mol. The van der Waals surface area contributed by atoms with Gasteiger partial charge in [0.15, 0.2) is 0 Å². The lowest BCUT2D eigenvalue weighted by atomic mass is 9.67. The second-order valence-corrected chi connectivity index (χ2v) is 6.55. The highest BCUT2D eigenvalue weighted by Crippen LogP contribution is 2.41. The molecule has 0 spiro atoms. The third-order valence-corrected chi connectivity index (χ3v) is 4.85. The van der Waals surface area contributed by atoms with Gasteiger partial charge in [0, 0.05) is 18.6 Å². The number of hydrogen-bond donors (Lipinski definition) is 2. The zero-order valence-corrected chi connectivity index (χ0v) is 11.0. The van der Waals surface area contributed by atoms with Crippen LogP contribution in [0.4, 0.5) is 0 Å². The maximum absolute atomic E-state index is 6.17. The van der Waals surface area contributed by atoms with Crippen LogP contribution < -0.4 is 11.1 Å². The molecule has 2 heteroatoms. The summed E-state index contributed by atoms with van der Waals surface area (Å²) >= 11 is 0. The fourth-order valence-electron chi connectivity index (χ4n) is 3.14. The summed E-state index contributed by atoms with van der Waals surface area (Å²) in [5.74, 6) is 0.944. The molecule has 0 bridgehead atoms. The first-order valence-electron chi connectivity index (χ1n) is 7.08. The molecular formula is C14H28N2. The van der Waals surface area contributed by atoms with Crippen molar-refractivity contribution in [3.8, 4) is 0 Å². The summed E-state index contributed by atoms with van der Waals surface area (Å²) in [4.78, 5) is 0. The first-order chi connectivity index (χ1) is 7.59. The zero-order chi connectivity index (χ0) is 11.6. The zero-order valence-electron chi connectivity index (χ0n) is 11.0. The van der Waals surface area contributed by atoms with E-state index < -0.39 is 0 Å².